The minimum absolute atomic E-state index is 0.0971. The summed E-state index contributed by atoms with van der Waals surface area (Å²) in [7, 11) is 0. The van der Waals surface area contributed by atoms with E-state index in [1.54, 1.807) is 48.5 Å². The molecule has 30 heavy (non-hydrogen) atoms. The van der Waals surface area contributed by atoms with Crippen molar-refractivity contribution in [1.82, 2.24) is 5.43 Å². The number of esters is 1. The summed E-state index contributed by atoms with van der Waals surface area (Å²) >= 11 is 5.95. The van der Waals surface area contributed by atoms with Crippen LogP contribution < -0.4 is 14.9 Å². The van der Waals surface area contributed by atoms with Crippen LogP contribution in [0.3, 0.4) is 0 Å². The van der Waals surface area contributed by atoms with Gasteiger partial charge in [0.15, 0.2) is 6.61 Å². The van der Waals surface area contributed by atoms with Crippen molar-refractivity contribution in [1.29, 1.82) is 0 Å². The van der Waals surface area contributed by atoms with Gasteiger partial charge in [-0.05, 0) is 48.0 Å². The van der Waals surface area contributed by atoms with Crippen molar-refractivity contribution in [3.8, 4) is 11.5 Å². The number of rotatable bonds is 7. The van der Waals surface area contributed by atoms with E-state index < -0.39 is 17.7 Å². The third-order valence-electron chi connectivity index (χ3n) is 3.73. The molecule has 8 heteroatoms. The summed E-state index contributed by atoms with van der Waals surface area (Å²) in [5.74, 6) is -1.04. The first kappa shape index (κ1) is 21.0. The number of carbonyl (C=O) groups excluding carboxylic acids is 2. The minimum atomic E-state index is -0.686. The summed E-state index contributed by atoms with van der Waals surface area (Å²) in [5.41, 5.74) is 3.00. The lowest BCUT2D eigenvalue weighted by atomic mass is 10.2. The molecule has 0 heterocycles. The molecule has 0 aromatic heterocycles. The van der Waals surface area contributed by atoms with E-state index in [0.29, 0.717) is 16.3 Å². The topological polar surface area (TPSA) is 77.0 Å². The highest BCUT2D eigenvalue weighted by atomic mass is 35.5. The lowest BCUT2D eigenvalue weighted by Gasteiger charge is -2.06. The number of hydrazone groups is 1. The molecule has 3 aromatic carbocycles. The second kappa shape index (κ2) is 10.2. The molecule has 0 aliphatic rings. The van der Waals surface area contributed by atoms with E-state index in [9.17, 15) is 14.0 Å². The van der Waals surface area contributed by atoms with Crippen LogP contribution in [-0.4, -0.2) is 24.7 Å². The number of halogens is 2. The van der Waals surface area contributed by atoms with Crippen LogP contribution in [0.15, 0.2) is 77.9 Å². The Morgan fingerprint density at radius 3 is 2.63 bits per heavy atom. The summed E-state index contributed by atoms with van der Waals surface area (Å²) in [6, 6.07) is 18.5. The van der Waals surface area contributed by atoms with Crippen LogP contribution in [0, 0.1) is 5.82 Å². The number of nitrogens with one attached hydrogen (secondary N) is 1. The normalized spacial score (nSPS) is 10.6. The number of nitrogens with zero attached hydrogens (tertiary/aromatic N) is 1. The molecule has 0 fully saturated rings. The van der Waals surface area contributed by atoms with E-state index in [-0.39, 0.29) is 17.9 Å². The fourth-order valence-corrected chi connectivity index (χ4v) is 2.55. The number of amides is 1. The number of ether oxygens (including phenoxy) is 2. The van der Waals surface area contributed by atoms with Gasteiger partial charge in [-0.25, -0.2) is 14.6 Å². The van der Waals surface area contributed by atoms with Gasteiger partial charge in [-0.2, -0.15) is 5.10 Å². The lowest BCUT2D eigenvalue weighted by molar-refractivity contribution is -0.123. The Morgan fingerprint density at radius 2 is 1.83 bits per heavy atom. The Labute approximate surface area is 176 Å². The van der Waals surface area contributed by atoms with Crippen LogP contribution in [0.2, 0.25) is 5.02 Å². The predicted octanol–water partition coefficient (Wildman–Crippen LogP) is 4.23. The maximum Gasteiger partial charge on any atom is 0.343 e. The van der Waals surface area contributed by atoms with Crippen molar-refractivity contribution in [2.45, 2.75) is 0 Å². The average molecular weight is 427 g/mol. The van der Waals surface area contributed by atoms with Crippen LogP contribution in [0.5, 0.6) is 11.5 Å². The lowest BCUT2D eigenvalue weighted by Crippen LogP contribution is -2.24. The molecule has 152 valence electrons. The van der Waals surface area contributed by atoms with Gasteiger partial charge in [-0.15, -0.1) is 0 Å². The largest absolute Gasteiger partial charge is 0.482 e. The number of para-hydroxylation sites is 1. The quantitative estimate of drug-likeness (QED) is 0.265. The molecule has 3 rings (SSSR count). The summed E-state index contributed by atoms with van der Waals surface area (Å²) in [4.78, 5) is 23.9. The zero-order chi connectivity index (χ0) is 21.3. The van der Waals surface area contributed by atoms with Gasteiger partial charge in [-0.1, -0.05) is 41.9 Å². The molecule has 0 aliphatic carbocycles. The first-order chi connectivity index (χ1) is 14.5. The number of carbonyl (C=O) groups is 2. The second-order valence-electron chi connectivity index (χ2n) is 5.98. The Bertz CT molecular complexity index is 1090. The SMILES string of the molecule is O=C(COc1ccccc1Cl)N/N=C\c1cccc(OC(=O)c2cccc(F)c2)c1. The molecular formula is C22H16ClFN2O4. The van der Waals surface area contributed by atoms with E-state index in [1.807, 2.05) is 0 Å². The van der Waals surface area contributed by atoms with E-state index in [1.165, 1.54) is 24.4 Å². The fourth-order valence-electron chi connectivity index (χ4n) is 2.36. The zero-order valence-corrected chi connectivity index (χ0v) is 16.3. The Hall–Kier alpha value is -3.71. The Kier molecular flexibility index (Phi) is 7.13. The first-order valence-corrected chi connectivity index (χ1v) is 9.16. The predicted molar refractivity (Wildman–Crippen MR) is 110 cm³/mol. The van der Waals surface area contributed by atoms with Crippen LogP contribution >= 0.6 is 11.6 Å². The van der Waals surface area contributed by atoms with Gasteiger partial charge in [-0.3, -0.25) is 4.79 Å². The highest BCUT2D eigenvalue weighted by Crippen LogP contribution is 2.22. The van der Waals surface area contributed by atoms with Gasteiger partial charge in [0.2, 0.25) is 0 Å². The summed E-state index contributed by atoms with van der Waals surface area (Å²) in [5, 5.41) is 4.24. The first-order valence-electron chi connectivity index (χ1n) is 8.78. The van der Waals surface area contributed by atoms with Crippen molar-refractivity contribution >= 4 is 29.7 Å². The molecule has 0 saturated carbocycles. The van der Waals surface area contributed by atoms with Crippen LogP contribution in [0.25, 0.3) is 0 Å². The molecule has 0 aliphatic heterocycles. The number of hydrogen-bond acceptors (Lipinski definition) is 5. The van der Waals surface area contributed by atoms with Crippen molar-refractivity contribution in [2.75, 3.05) is 6.61 Å². The Morgan fingerprint density at radius 1 is 1.03 bits per heavy atom. The molecular weight excluding hydrogens is 411 g/mol. The average Bonchev–Trinajstić information content (AvgIpc) is 2.73. The molecule has 0 unspecified atom stereocenters. The summed E-state index contributed by atoms with van der Waals surface area (Å²) in [6.45, 7) is -0.258. The van der Waals surface area contributed by atoms with Crippen LogP contribution in [0.4, 0.5) is 4.39 Å². The molecule has 1 N–H and O–H groups in total. The van der Waals surface area contributed by atoms with Crippen LogP contribution in [-0.2, 0) is 4.79 Å². The molecule has 0 atom stereocenters. The number of benzene rings is 3. The molecule has 1 amide bonds. The smallest absolute Gasteiger partial charge is 0.343 e. The van der Waals surface area contributed by atoms with Gasteiger partial charge in [0, 0.05) is 0 Å². The molecule has 0 radical (unpaired) electrons. The zero-order valence-electron chi connectivity index (χ0n) is 15.5. The standard InChI is InChI=1S/C22H16ClFN2O4/c23-19-9-1-2-10-20(19)29-14-21(27)26-25-13-15-5-3-8-18(11-15)30-22(28)16-6-4-7-17(24)12-16/h1-13H,14H2,(H,26,27)/b25-13-. The molecule has 0 spiro atoms. The monoisotopic (exact) mass is 426 g/mol. The summed E-state index contributed by atoms with van der Waals surface area (Å²) in [6.07, 6.45) is 1.38. The maximum atomic E-state index is 13.2. The van der Waals surface area contributed by atoms with E-state index in [0.717, 1.165) is 6.07 Å². The molecule has 0 bridgehead atoms. The maximum absolute atomic E-state index is 13.2. The van der Waals surface area contributed by atoms with Gasteiger partial charge in [0.1, 0.15) is 17.3 Å². The van der Waals surface area contributed by atoms with Crippen LogP contribution in [0.1, 0.15) is 15.9 Å². The molecule has 6 nitrogen and oxygen atoms in total. The summed E-state index contributed by atoms with van der Waals surface area (Å²) < 4.78 is 23.8. The highest BCUT2D eigenvalue weighted by molar-refractivity contribution is 6.32. The fraction of sp³-hybridized carbons (Fsp3) is 0.0455. The molecule has 3 aromatic rings. The van der Waals surface area contributed by atoms with Crippen molar-refractivity contribution < 1.29 is 23.5 Å². The third kappa shape index (κ3) is 6.15. The van der Waals surface area contributed by atoms with E-state index in [2.05, 4.69) is 10.5 Å². The van der Waals surface area contributed by atoms with Crippen molar-refractivity contribution in [3.63, 3.8) is 0 Å². The van der Waals surface area contributed by atoms with Crippen molar-refractivity contribution in [2.24, 2.45) is 5.10 Å². The van der Waals surface area contributed by atoms with Gasteiger partial charge in [0.05, 0.1) is 16.8 Å². The Balaban J connectivity index is 1.53. The third-order valence-corrected chi connectivity index (χ3v) is 4.04. The number of hydrogen-bond donors (Lipinski definition) is 1. The second-order valence-corrected chi connectivity index (χ2v) is 6.39. The highest BCUT2D eigenvalue weighted by Gasteiger charge is 2.09. The van der Waals surface area contributed by atoms with Gasteiger partial charge < -0.3 is 9.47 Å². The molecule has 0 saturated heterocycles. The van der Waals surface area contributed by atoms with E-state index >= 15 is 0 Å². The van der Waals surface area contributed by atoms with E-state index in [4.69, 9.17) is 21.1 Å². The minimum Gasteiger partial charge on any atom is -0.482 e. The van der Waals surface area contributed by atoms with Crippen molar-refractivity contribution in [3.05, 3.63) is 94.8 Å². The van der Waals surface area contributed by atoms with Gasteiger partial charge >= 0.3 is 5.97 Å². The van der Waals surface area contributed by atoms with Gasteiger partial charge in [0.25, 0.3) is 5.91 Å².